The maximum Gasteiger partial charge on any atom is 0.263 e. The first-order chi connectivity index (χ1) is 17.0. The standard InChI is InChI=1S/C21H29I3N4O9/c1-7(25)20(36)28(10(5-29)18(34)19(35)11(33)6-30)21(37)12-13(22)16(26-8(2)31)15(24)17(14(12)23)27(4)9(3)32/h7,10-11,18-19,29-30,33-35H,5-6,25H2,1-4H3,(H,26,31)/t7-,10+,11+,18+,19+/m0/s1. The maximum absolute atomic E-state index is 14.0. The predicted octanol–water partition coefficient (Wildman–Crippen LogP) is -0.807. The Morgan fingerprint density at radius 1 is 0.946 bits per heavy atom. The summed E-state index contributed by atoms with van der Waals surface area (Å²) in [6.45, 7) is 1.83. The van der Waals surface area contributed by atoms with Gasteiger partial charge in [0.25, 0.3) is 5.91 Å². The average Bonchev–Trinajstić information content (AvgIpc) is 2.82. The Labute approximate surface area is 254 Å². The lowest BCUT2D eigenvalue weighted by Crippen LogP contribution is -2.60. The highest BCUT2D eigenvalue weighted by atomic mass is 127. The molecule has 0 bridgehead atoms. The number of carbonyl (C=O) groups is 4. The molecule has 0 aliphatic rings. The van der Waals surface area contributed by atoms with Crippen LogP contribution in [-0.2, 0) is 14.4 Å². The molecule has 0 aliphatic carbocycles. The number of aliphatic hydroxyl groups excluding tert-OH is 5. The fourth-order valence-corrected chi connectivity index (χ4v) is 7.86. The Morgan fingerprint density at radius 3 is 1.89 bits per heavy atom. The largest absolute Gasteiger partial charge is 0.394 e. The lowest BCUT2D eigenvalue weighted by Gasteiger charge is -2.36. The number of nitrogens with one attached hydrogen (secondary N) is 1. The highest BCUT2D eigenvalue weighted by Crippen LogP contribution is 2.41. The molecule has 0 saturated carbocycles. The van der Waals surface area contributed by atoms with Crippen LogP contribution in [-0.4, -0.2) is 105 Å². The predicted molar refractivity (Wildman–Crippen MR) is 159 cm³/mol. The minimum Gasteiger partial charge on any atom is -0.394 e. The van der Waals surface area contributed by atoms with Crippen molar-refractivity contribution in [3.8, 4) is 0 Å². The highest BCUT2D eigenvalue weighted by molar-refractivity contribution is 14.1. The number of anilines is 2. The fraction of sp³-hybridized carbons (Fsp3) is 0.524. The van der Waals surface area contributed by atoms with Crippen LogP contribution in [0.15, 0.2) is 0 Å². The molecule has 0 saturated heterocycles. The smallest absolute Gasteiger partial charge is 0.263 e. The quantitative estimate of drug-likeness (QED) is 0.146. The molecule has 8 N–H and O–H groups in total. The summed E-state index contributed by atoms with van der Waals surface area (Å²) in [5.41, 5.74) is 6.04. The van der Waals surface area contributed by atoms with Crippen molar-refractivity contribution in [3.63, 3.8) is 0 Å². The number of rotatable bonds is 10. The van der Waals surface area contributed by atoms with Gasteiger partial charge in [-0.05, 0) is 74.7 Å². The minimum absolute atomic E-state index is 0.148. The summed E-state index contributed by atoms with van der Waals surface area (Å²) in [4.78, 5) is 53.0. The molecule has 0 spiro atoms. The van der Waals surface area contributed by atoms with Gasteiger partial charge < -0.3 is 41.5 Å². The third kappa shape index (κ3) is 7.68. The summed E-state index contributed by atoms with van der Waals surface area (Å²) >= 11 is 5.51. The van der Waals surface area contributed by atoms with Gasteiger partial charge in [0.15, 0.2) is 0 Å². The minimum atomic E-state index is -2.08. The van der Waals surface area contributed by atoms with Crippen LogP contribution < -0.4 is 16.0 Å². The Hall–Kier alpha value is -0.750. The van der Waals surface area contributed by atoms with Gasteiger partial charge in [-0.3, -0.25) is 24.1 Å². The van der Waals surface area contributed by atoms with E-state index >= 15 is 0 Å². The van der Waals surface area contributed by atoms with Gasteiger partial charge in [-0.1, -0.05) is 0 Å². The van der Waals surface area contributed by atoms with Gasteiger partial charge in [0.1, 0.15) is 18.3 Å². The number of imide groups is 1. The molecular formula is C21H29I3N4O9. The SMILES string of the molecule is CC(=O)Nc1c(I)c(C(=O)N(C(=O)[C@H](C)N)[C@H](CO)[C@@H](O)[C@H](O)[C@H](O)CO)c(I)c(N(C)C(C)=O)c1I. The molecule has 0 unspecified atom stereocenters. The van der Waals surface area contributed by atoms with Gasteiger partial charge in [-0.25, -0.2) is 0 Å². The molecule has 208 valence electrons. The van der Waals surface area contributed by atoms with E-state index in [1.807, 2.05) is 45.2 Å². The number of benzene rings is 1. The second-order valence-corrected chi connectivity index (χ2v) is 11.3. The van der Waals surface area contributed by atoms with Gasteiger partial charge in [-0.15, -0.1) is 0 Å². The number of hydrogen-bond donors (Lipinski definition) is 7. The van der Waals surface area contributed by atoms with E-state index in [2.05, 4.69) is 5.32 Å². The molecule has 1 aromatic rings. The van der Waals surface area contributed by atoms with Crippen LogP contribution in [0, 0.1) is 10.7 Å². The van der Waals surface area contributed by atoms with E-state index in [0.717, 1.165) is 0 Å². The monoisotopic (exact) mass is 862 g/mol. The van der Waals surface area contributed by atoms with Gasteiger partial charge >= 0.3 is 0 Å². The second-order valence-electron chi connectivity index (χ2n) is 8.08. The summed E-state index contributed by atoms with van der Waals surface area (Å²) in [6.07, 6.45) is -5.96. The average molecular weight is 862 g/mol. The Bertz CT molecular complexity index is 1060. The molecule has 37 heavy (non-hydrogen) atoms. The zero-order valence-electron chi connectivity index (χ0n) is 20.3. The topological polar surface area (TPSA) is 214 Å². The summed E-state index contributed by atoms with van der Waals surface area (Å²) in [5, 5.41) is 52.5. The van der Waals surface area contributed by atoms with Crippen molar-refractivity contribution >= 4 is 103 Å². The summed E-state index contributed by atoms with van der Waals surface area (Å²) < 4.78 is 0.839. The van der Waals surface area contributed by atoms with Crippen LogP contribution >= 0.6 is 67.8 Å². The number of nitrogens with two attached hydrogens (primary N) is 1. The van der Waals surface area contributed by atoms with Crippen molar-refractivity contribution in [2.45, 2.75) is 51.2 Å². The molecule has 1 rings (SSSR count). The number of amides is 4. The van der Waals surface area contributed by atoms with Crippen LogP contribution in [0.5, 0.6) is 0 Å². The summed E-state index contributed by atoms with van der Waals surface area (Å²) in [7, 11) is 1.46. The first-order valence-corrected chi connectivity index (χ1v) is 13.9. The van der Waals surface area contributed by atoms with E-state index in [1.165, 1.54) is 32.7 Å². The van der Waals surface area contributed by atoms with Crippen LogP contribution in [0.3, 0.4) is 0 Å². The van der Waals surface area contributed by atoms with Gasteiger partial charge in [0.05, 0.1) is 52.9 Å². The summed E-state index contributed by atoms with van der Waals surface area (Å²) in [5.74, 6) is -2.94. The molecule has 0 aromatic heterocycles. The van der Waals surface area contributed by atoms with Gasteiger partial charge in [0.2, 0.25) is 17.7 Å². The molecule has 4 amide bonds. The van der Waals surface area contributed by atoms with Crippen molar-refractivity contribution in [3.05, 3.63) is 16.3 Å². The van der Waals surface area contributed by atoms with Crippen molar-refractivity contribution in [1.82, 2.24) is 4.90 Å². The number of aliphatic hydroxyl groups is 5. The van der Waals surface area contributed by atoms with Gasteiger partial charge in [-0.2, -0.15) is 0 Å². The Kier molecular flexibility index (Phi) is 13.5. The lowest BCUT2D eigenvalue weighted by atomic mass is 9.98. The van der Waals surface area contributed by atoms with E-state index in [0.29, 0.717) is 8.47 Å². The zero-order valence-corrected chi connectivity index (χ0v) is 26.7. The van der Waals surface area contributed by atoms with E-state index < -0.39 is 67.2 Å². The normalized spacial score (nSPS) is 15.3. The van der Waals surface area contributed by atoms with E-state index in [-0.39, 0.29) is 24.1 Å². The second kappa shape index (κ2) is 14.6. The number of hydrogen-bond acceptors (Lipinski definition) is 10. The molecule has 0 fully saturated rings. The molecule has 13 nitrogen and oxygen atoms in total. The van der Waals surface area contributed by atoms with E-state index in [1.54, 1.807) is 22.6 Å². The molecule has 5 atom stereocenters. The third-order valence-corrected chi connectivity index (χ3v) is 8.49. The van der Waals surface area contributed by atoms with E-state index in [4.69, 9.17) is 10.8 Å². The van der Waals surface area contributed by atoms with Crippen molar-refractivity contribution < 1.29 is 44.7 Å². The zero-order chi connectivity index (χ0) is 28.9. The Balaban J connectivity index is 4.00. The highest BCUT2D eigenvalue weighted by Gasteiger charge is 2.42. The molecule has 0 aliphatic heterocycles. The lowest BCUT2D eigenvalue weighted by molar-refractivity contribution is -0.141. The molecule has 1 aromatic carbocycles. The number of nitrogens with zero attached hydrogens (tertiary/aromatic N) is 2. The first kappa shape index (κ1) is 34.3. The van der Waals surface area contributed by atoms with Crippen molar-refractivity contribution in [1.29, 1.82) is 0 Å². The van der Waals surface area contributed by atoms with Crippen LogP contribution in [0.4, 0.5) is 11.4 Å². The van der Waals surface area contributed by atoms with E-state index in [9.17, 15) is 39.6 Å². The fourth-order valence-electron chi connectivity index (χ4n) is 3.24. The number of carbonyl (C=O) groups excluding carboxylic acids is 4. The Morgan fingerprint density at radius 2 is 1.49 bits per heavy atom. The first-order valence-electron chi connectivity index (χ1n) is 10.7. The van der Waals surface area contributed by atoms with Crippen LogP contribution in [0.2, 0.25) is 0 Å². The molecule has 16 heteroatoms. The maximum atomic E-state index is 14.0. The van der Waals surface area contributed by atoms with Gasteiger partial charge in [0, 0.05) is 20.9 Å². The van der Waals surface area contributed by atoms with Crippen molar-refractivity contribution in [2.24, 2.45) is 5.73 Å². The molecular weight excluding hydrogens is 833 g/mol. The summed E-state index contributed by atoms with van der Waals surface area (Å²) in [6, 6.07) is -3.08. The molecule has 0 heterocycles. The third-order valence-electron chi connectivity index (χ3n) is 5.31. The van der Waals surface area contributed by atoms with Crippen molar-refractivity contribution in [2.75, 3.05) is 30.5 Å². The molecule has 0 radical (unpaired) electrons. The number of halogens is 3. The van der Waals surface area contributed by atoms with Crippen LogP contribution in [0.25, 0.3) is 0 Å². The van der Waals surface area contributed by atoms with Crippen LogP contribution in [0.1, 0.15) is 31.1 Å².